The van der Waals surface area contributed by atoms with E-state index in [1.165, 1.54) is 11.1 Å². The van der Waals surface area contributed by atoms with Crippen molar-refractivity contribution in [2.24, 2.45) is 5.84 Å². The van der Waals surface area contributed by atoms with Crippen LogP contribution in [-0.2, 0) is 4.74 Å². The number of likely N-dealkylation sites (N-methyl/N-ethyl adjacent to an activating group) is 1. The summed E-state index contributed by atoms with van der Waals surface area (Å²) in [5.74, 6) is 5.52. The number of aliphatic hydroxyl groups is 1. The number of anilines is 1. The average molecular weight is 280 g/mol. The van der Waals surface area contributed by atoms with Gasteiger partial charge in [-0.25, -0.2) is 10.8 Å². The van der Waals surface area contributed by atoms with Gasteiger partial charge in [-0.05, 0) is 12.1 Å². The molecule has 1 aliphatic rings. The molecule has 0 aromatic carbocycles. The summed E-state index contributed by atoms with van der Waals surface area (Å²) >= 11 is 0. The SMILES string of the molecule is CN(CC1(O)CCOCC1)C(=O)c1ccnc(NN)c1. The van der Waals surface area contributed by atoms with Crippen molar-refractivity contribution >= 4 is 11.7 Å². The first-order valence-electron chi connectivity index (χ1n) is 6.52. The molecule has 2 rings (SSSR count). The average Bonchev–Trinajstić information content (AvgIpc) is 2.46. The van der Waals surface area contributed by atoms with Crippen molar-refractivity contribution in [1.82, 2.24) is 9.88 Å². The molecule has 0 saturated carbocycles. The highest BCUT2D eigenvalue weighted by molar-refractivity contribution is 5.94. The van der Waals surface area contributed by atoms with Crippen LogP contribution in [0.3, 0.4) is 0 Å². The molecule has 0 atom stereocenters. The zero-order valence-corrected chi connectivity index (χ0v) is 11.5. The second-order valence-electron chi connectivity index (χ2n) is 5.07. The third kappa shape index (κ3) is 3.44. The monoisotopic (exact) mass is 280 g/mol. The second kappa shape index (κ2) is 6.17. The number of carbonyl (C=O) groups excluding carboxylic acids is 1. The van der Waals surface area contributed by atoms with Gasteiger partial charge in [0.1, 0.15) is 5.82 Å². The fourth-order valence-corrected chi connectivity index (χ4v) is 2.29. The molecule has 0 unspecified atom stereocenters. The summed E-state index contributed by atoms with van der Waals surface area (Å²) in [7, 11) is 1.67. The molecule has 7 nitrogen and oxygen atoms in total. The minimum absolute atomic E-state index is 0.177. The topological polar surface area (TPSA) is 101 Å². The minimum atomic E-state index is -0.870. The number of hydrazine groups is 1. The Bertz CT molecular complexity index is 474. The minimum Gasteiger partial charge on any atom is -0.388 e. The van der Waals surface area contributed by atoms with Gasteiger partial charge in [-0.3, -0.25) is 4.79 Å². The fraction of sp³-hybridized carbons (Fsp3) is 0.538. The predicted octanol–water partition coefficient (Wildman–Crippen LogP) is -0.0193. The predicted molar refractivity (Wildman–Crippen MR) is 74.0 cm³/mol. The molecule has 2 heterocycles. The molecule has 1 amide bonds. The first-order chi connectivity index (χ1) is 9.54. The molecule has 0 spiro atoms. The van der Waals surface area contributed by atoms with Gasteiger partial charge in [-0.2, -0.15) is 0 Å². The largest absolute Gasteiger partial charge is 0.388 e. The van der Waals surface area contributed by atoms with Crippen molar-refractivity contribution < 1.29 is 14.6 Å². The van der Waals surface area contributed by atoms with E-state index >= 15 is 0 Å². The van der Waals surface area contributed by atoms with Crippen molar-refractivity contribution in [3.8, 4) is 0 Å². The Morgan fingerprint density at radius 3 is 2.95 bits per heavy atom. The molecule has 0 bridgehead atoms. The molecular weight excluding hydrogens is 260 g/mol. The first kappa shape index (κ1) is 14.7. The van der Waals surface area contributed by atoms with Gasteiger partial charge in [-0.1, -0.05) is 0 Å². The molecular formula is C13H20N4O3. The maximum Gasteiger partial charge on any atom is 0.253 e. The summed E-state index contributed by atoms with van der Waals surface area (Å²) in [5, 5.41) is 10.4. The van der Waals surface area contributed by atoms with Crippen LogP contribution in [0, 0.1) is 0 Å². The number of hydrogen-bond donors (Lipinski definition) is 3. The van der Waals surface area contributed by atoms with Crippen molar-refractivity contribution in [2.45, 2.75) is 18.4 Å². The Kier molecular flexibility index (Phi) is 4.53. The van der Waals surface area contributed by atoms with E-state index in [1.807, 2.05) is 0 Å². The van der Waals surface area contributed by atoms with Crippen LogP contribution >= 0.6 is 0 Å². The van der Waals surface area contributed by atoms with Gasteiger partial charge in [0, 0.05) is 51.4 Å². The van der Waals surface area contributed by atoms with Crippen molar-refractivity contribution in [2.75, 3.05) is 32.2 Å². The van der Waals surface area contributed by atoms with E-state index < -0.39 is 5.60 Å². The molecule has 4 N–H and O–H groups in total. The van der Waals surface area contributed by atoms with Crippen molar-refractivity contribution in [3.05, 3.63) is 23.9 Å². The third-order valence-electron chi connectivity index (χ3n) is 3.46. The van der Waals surface area contributed by atoms with E-state index in [0.717, 1.165) is 0 Å². The van der Waals surface area contributed by atoms with Crippen LogP contribution in [0.4, 0.5) is 5.82 Å². The van der Waals surface area contributed by atoms with Gasteiger partial charge < -0.3 is 20.2 Å². The lowest BCUT2D eigenvalue weighted by atomic mass is 9.94. The molecule has 110 valence electrons. The smallest absolute Gasteiger partial charge is 0.253 e. The van der Waals surface area contributed by atoms with E-state index in [4.69, 9.17) is 10.6 Å². The summed E-state index contributed by atoms with van der Waals surface area (Å²) in [5.41, 5.74) is 2.01. The molecule has 1 fully saturated rings. The highest BCUT2D eigenvalue weighted by atomic mass is 16.5. The maximum absolute atomic E-state index is 12.3. The second-order valence-corrected chi connectivity index (χ2v) is 5.07. The van der Waals surface area contributed by atoms with Crippen LogP contribution in [0.5, 0.6) is 0 Å². The van der Waals surface area contributed by atoms with Gasteiger partial charge in [0.05, 0.1) is 5.60 Å². The normalized spacial score (nSPS) is 17.6. The highest BCUT2D eigenvalue weighted by Crippen LogP contribution is 2.22. The molecule has 0 aliphatic carbocycles. The molecule has 20 heavy (non-hydrogen) atoms. The van der Waals surface area contributed by atoms with Crippen LogP contribution in [0.2, 0.25) is 0 Å². The van der Waals surface area contributed by atoms with Gasteiger partial charge in [0.25, 0.3) is 5.91 Å². The number of nitrogens with two attached hydrogens (primary N) is 1. The summed E-state index contributed by atoms with van der Waals surface area (Å²) in [4.78, 5) is 17.8. The van der Waals surface area contributed by atoms with Crippen LogP contribution in [0.15, 0.2) is 18.3 Å². The van der Waals surface area contributed by atoms with E-state index in [0.29, 0.717) is 37.4 Å². The number of carbonyl (C=O) groups is 1. The number of nitrogens with zero attached hydrogens (tertiary/aromatic N) is 2. The number of amides is 1. The lowest BCUT2D eigenvalue weighted by Gasteiger charge is -2.35. The van der Waals surface area contributed by atoms with Crippen LogP contribution < -0.4 is 11.3 Å². The van der Waals surface area contributed by atoms with Gasteiger partial charge >= 0.3 is 0 Å². The lowest BCUT2D eigenvalue weighted by molar-refractivity contribution is -0.0734. The number of ether oxygens (including phenoxy) is 1. The third-order valence-corrected chi connectivity index (χ3v) is 3.46. The number of nitrogen functional groups attached to an aromatic ring is 1. The zero-order valence-electron chi connectivity index (χ0n) is 11.5. The van der Waals surface area contributed by atoms with Gasteiger partial charge in [-0.15, -0.1) is 0 Å². The molecule has 0 radical (unpaired) electrons. The molecule has 1 aromatic rings. The van der Waals surface area contributed by atoms with E-state index in [9.17, 15) is 9.90 Å². The number of nitrogens with one attached hydrogen (secondary N) is 1. The molecule has 7 heteroatoms. The van der Waals surface area contributed by atoms with E-state index in [-0.39, 0.29) is 12.5 Å². The Morgan fingerprint density at radius 2 is 2.30 bits per heavy atom. The first-order valence-corrected chi connectivity index (χ1v) is 6.52. The summed E-state index contributed by atoms with van der Waals surface area (Å²) in [6, 6.07) is 3.20. The van der Waals surface area contributed by atoms with E-state index in [2.05, 4.69) is 10.4 Å². The number of pyridine rings is 1. The van der Waals surface area contributed by atoms with Crippen LogP contribution in [0.25, 0.3) is 0 Å². The number of rotatable bonds is 4. The summed E-state index contributed by atoms with van der Waals surface area (Å²) < 4.78 is 5.23. The Hall–Kier alpha value is -1.70. The van der Waals surface area contributed by atoms with Gasteiger partial charge in [0.15, 0.2) is 0 Å². The quantitative estimate of drug-likeness (QED) is 0.529. The highest BCUT2D eigenvalue weighted by Gasteiger charge is 2.32. The van der Waals surface area contributed by atoms with Crippen molar-refractivity contribution in [1.29, 1.82) is 0 Å². The summed E-state index contributed by atoms with van der Waals surface area (Å²) in [6.45, 7) is 1.33. The molecule has 1 aliphatic heterocycles. The maximum atomic E-state index is 12.3. The number of aromatic nitrogens is 1. The zero-order chi connectivity index (χ0) is 14.6. The molecule has 1 aromatic heterocycles. The Morgan fingerprint density at radius 1 is 1.60 bits per heavy atom. The number of hydrogen-bond acceptors (Lipinski definition) is 6. The summed E-state index contributed by atoms with van der Waals surface area (Å²) in [6.07, 6.45) is 2.59. The fourth-order valence-electron chi connectivity index (χ4n) is 2.29. The Balaban J connectivity index is 2.04. The van der Waals surface area contributed by atoms with E-state index in [1.54, 1.807) is 19.2 Å². The van der Waals surface area contributed by atoms with Crippen LogP contribution in [-0.4, -0.2) is 53.3 Å². The standard InChI is InChI=1S/C13H20N4O3/c1-17(9-13(19)3-6-20-7-4-13)12(18)10-2-5-15-11(8-10)16-14/h2,5,8,19H,3-4,6-7,9,14H2,1H3,(H,15,16). The van der Waals surface area contributed by atoms with Crippen LogP contribution in [0.1, 0.15) is 23.2 Å². The lowest BCUT2D eigenvalue weighted by Crippen LogP contribution is -2.47. The van der Waals surface area contributed by atoms with Crippen molar-refractivity contribution in [3.63, 3.8) is 0 Å². The molecule has 1 saturated heterocycles. The van der Waals surface area contributed by atoms with Gasteiger partial charge in [0.2, 0.25) is 0 Å². The Labute approximate surface area is 117 Å².